The van der Waals surface area contributed by atoms with Crippen LogP contribution in [0.3, 0.4) is 0 Å². The van der Waals surface area contributed by atoms with Gasteiger partial charge in [-0.1, -0.05) is 20.8 Å². The van der Waals surface area contributed by atoms with Crippen LogP contribution in [-0.4, -0.2) is 25.5 Å². The molecule has 2 unspecified atom stereocenters. The van der Waals surface area contributed by atoms with Gasteiger partial charge in [0.1, 0.15) is 16.7 Å². The van der Waals surface area contributed by atoms with Crippen LogP contribution in [0.15, 0.2) is 17.2 Å². The lowest BCUT2D eigenvalue weighted by Gasteiger charge is -2.38. The van der Waals surface area contributed by atoms with Crippen molar-refractivity contribution in [3.63, 3.8) is 0 Å². The number of primary sulfonamides is 1. The fourth-order valence-corrected chi connectivity index (χ4v) is 3.72. The van der Waals surface area contributed by atoms with Crippen LogP contribution in [-0.2, 0) is 14.8 Å². The maximum Gasteiger partial charge on any atom is 0.355 e. The molecule has 0 aliphatic heterocycles. The second-order valence-electron chi connectivity index (χ2n) is 6.73. The highest BCUT2D eigenvalue weighted by molar-refractivity contribution is 7.89. The van der Waals surface area contributed by atoms with E-state index in [9.17, 15) is 13.2 Å². The van der Waals surface area contributed by atoms with Gasteiger partial charge in [-0.3, -0.25) is 0 Å². The van der Waals surface area contributed by atoms with Gasteiger partial charge in [-0.2, -0.15) is 0 Å². The molecule has 0 amide bonds. The summed E-state index contributed by atoms with van der Waals surface area (Å²) in [4.78, 5) is 14.6. The van der Waals surface area contributed by atoms with E-state index in [1.165, 1.54) is 12.3 Å². The number of aromatic nitrogens is 1. The fourth-order valence-electron chi connectivity index (χ4n) is 3.22. The predicted molar refractivity (Wildman–Crippen MR) is 78.2 cm³/mol. The second-order valence-corrected chi connectivity index (χ2v) is 8.30. The zero-order valence-corrected chi connectivity index (χ0v) is 13.4. The van der Waals surface area contributed by atoms with E-state index in [1.54, 1.807) is 0 Å². The van der Waals surface area contributed by atoms with Gasteiger partial charge in [-0.15, -0.1) is 0 Å². The van der Waals surface area contributed by atoms with Crippen LogP contribution in [0.25, 0.3) is 0 Å². The number of hydrogen-bond acceptors (Lipinski definition) is 4. The Hall–Kier alpha value is -1.34. The molecule has 1 fully saturated rings. The maximum absolute atomic E-state index is 12.1. The van der Waals surface area contributed by atoms with E-state index in [2.05, 4.69) is 25.8 Å². The van der Waals surface area contributed by atoms with Crippen molar-refractivity contribution in [2.45, 2.75) is 51.0 Å². The Morgan fingerprint density at radius 1 is 1.43 bits per heavy atom. The first-order chi connectivity index (χ1) is 9.57. The third-order valence-electron chi connectivity index (χ3n) is 3.83. The van der Waals surface area contributed by atoms with Crippen LogP contribution in [0.2, 0.25) is 0 Å². The van der Waals surface area contributed by atoms with Crippen LogP contribution >= 0.6 is 0 Å². The molecule has 1 aromatic heterocycles. The number of carbonyl (C=O) groups excluding carboxylic acids is 1. The topological polar surface area (TPSA) is 102 Å². The van der Waals surface area contributed by atoms with Crippen molar-refractivity contribution in [2.75, 3.05) is 0 Å². The minimum atomic E-state index is -3.81. The zero-order valence-electron chi connectivity index (χ0n) is 12.5. The molecule has 0 saturated heterocycles. The minimum absolute atomic E-state index is 0.107. The highest BCUT2D eigenvalue weighted by Crippen LogP contribution is 2.39. The van der Waals surface area contributed by atoms with Crippen molar-refractivity contribution in [1.82, 2.24) is 4.98 Å². The molecule has 0 aromatic carbocycles. The number of nitrogens with two attached hydrogens (primary N) is 1. The third-order valence-corrected chi connectivity index (χ3v) is 4.72. The van der Waals surface area contributed by atoms with E-state index in [4.69, 9.17) is 9.88 Å². The summed E-state index contributed by atoms with van der Waals surface area (Å²) in [6.07, 6.45) is 3.81. The number of rotatable bonds is 3. The van der Waals surface area contributed by atoms with E-state index >= 15 is 0 Å². The lowest BCUT2D eigenvalue weighted by Crippen LogP contribution is -2.34. The molecule has 7 heteroatoms. The summed E-state index contributed by atoms with van der Waals surface area (Å²) < 4.78 is 27.9. The van der Waals surface area contributed by atoms with Crippen LogP contribution in [0.5, 0.6) is 0 Å². The molecule has 0 bridgehead atoms. The Kier molecular flexibility index (Phi) is 4.17. The van der Waals surface area contributed by atoms with Gasteiger partial charge in [0, 0.05) is 6.20 Å². The summed E-state index contributed by atoms with van der Waals surface area (Å²) >= 11 is 0. The summed E-state index contributed by atoms with van der Waals surface area (Å²) in [7, 11) is -3.81. The summed E-state index contributed by atoms with van der Waals surface area (Å²) in [6.45, 7) is 6.48. The Labute approximate surface area is 125 Å². The van der Waals surface area contributed by atoms with Crippen molar-refractivity contribution in [2.24, 2.45) is 16.5 Å². The Bertz CT molecular complexity index is 633. The molecule has 3 N–H and O–H groups in total. The van der Waals surface area contributed by atoms with Gasteiger partial charge in [0.2, 0.25) is 10.0 Å². The standard InChI is InChI=1S/C14H22N2O4S/c1-9-4-10(7-14(2,3)6-9)20-13(17)12-5-11(8-16-12)21(15,18)19/h5,8-10,16H,4,6-7H2,1-3H3,(H2,15,18,19). The molecular formula is C14H22N2O4S. The number of ether oxygens (including phenoxy) is 1. The zero-order chi connectivity index (χ0) is 15.8. The SMILES string of the molecule is CC1CC(OC(=O)c2cc(S(N)(=O)=O)c[nH]2)CC(C)(C)C1. The van der Waals surface area contributed by atoms with Gasteiger partial charge in [0.25, 0.3) is 0 Å². The van der Waals surface area contributed by atoms with E-state index in [1.807, 2.05) is 0 Å². The number of esters is 1. The van der Waals surface area contributed by atoms with Crippen LogP contribution in [0, 0.1) is 11.3 Å². The quantitative estimate of drug-likeness (QED) is 0.833. The number of sulfonamides is 1. The number of nitrogens with one attached hydrogen (secondary N) is 1. The van der Waals surface area contributed by atoms with Gasteiger partial charge in [-0.05, 0) is 36.7 Å². The largest absolute Gasteiger partial charge is 0.458 e. The number of aromatic amines is 1. The molecular weight excluding hydrogens is 292 g/mol. The van der Waals surface area contributed by atoms with Gasteiger partial charge < -0.3 is 9.72 Å². The second kappa shape index (κ2) is 5.46. The van der Waals surface area contributed by atoms with Crippen molar-refractivity contribution in [3.8, 4) is 0 Å². The van der Waals surface area contributed by atoms with Crippen LogP contribution in [0.1, 0.15) is 50.5 Å². The Morgan fingerprint density at radius 3 is 2.62 bits per heavy atom. The molecule has 118 valence electrons. The Balaban J connectivity index is 2.06. The van der Waals surface area contributed by atoms with Gasteiger partial charge >= 0.3 is 5.97 Å². The van der Waals surface area contributed by atoms with E-state index < -0.39 is 16.0 Å². The summed E-state index contributed by atoms with van der Waals surface area (Å²) in [5.41, 5.74) is 0.249. The first kappa shape index (κ1) is 16.0. The van der Waals surface area contributed by atoms with E-state index in [0.717, 1.165) is 19.3 Å². The molecule has 1 aliphatic rings. The molecule has 1 aliphatic carbocycles. The van der Waals surface area contributed by atoms with Crippen LogP contribution < -0.4 is 5.14 Å². The first-order valence-electron chi connectivity index (χ1n) is 6.99. The van der Waals surface area contributed by atoms with Crippen molar-refractivity contribution in [3.05, 3.63) is 18.0 Å². The number of carbonyl (C=O) groups is 1. The maximum atomic E-state index is 12.1. The number of hydrogen-bond donors (Lipinski definition) is 2. The lowest BCUT2D eigenvalue weighted by molar-refractivity contribution is -0.00761. The predicted octanol–water partition coefficient (Wildman–Crippen LogP) is 2.03. The minimum Gasteiger partial charge on any atom is -0.458 e. The molecule has 1 heterocycles. The monoisotopic (exact) mass is 314 g/mol. The Morgan fingerprint density at radius 2 is 2.10 bits per heavy atom. The van der Waals surface area contributed by atoms with Gasteiger partial charge in [0.15, 0.2) is 0 Å². The van der Waals surface area contributed by atoms with Crippen molar-refractivity contribution in [1.29, 1.82) is 0 Å². The number of H-pyrrole nitrogens is 1. The van der Waals surface area contributed by atoms with Crippen LogP contribution in [0.4, 0.5) is 0 Å². The first-order valence-corrected chi connectivity index (χ1v) is 8.54. The normalized spacial score (nSPS) is 25.5. The average molecular weight is 314 g/mol. The molecule has 6 nitrogen and oxygen atoms in total. The highest BCUT2D eigenvalue weighted by Gasteiger charge is 2.34. The van der Waals surface area contributed by atoms with Crippen molar-refractivity contribution < 1.29 is 17.9 Å². The summed E-state index contributed by atoms with van der Waals surface area (Å²) in [5.74, 6) is -0.0463. The fraction of sp³-hybridized carbons (Fsp3) is 0.643. The van der Waals surface area contributed by atoms with Gasteiger partial charge in [0.05, 0.1) is 0 Å². The van der Waals surface area contributed by atoms with Gasteiger partial charge in [-0.25, -0.2) is 18.4 Å². The summed E-state index contributed by atoms with van der Waals surface area (Å²) in [5, 5.41) is 5.01. The molecule has 1 saturated carbocycles. The summed E-state index contributed by atoms with van der Waals surface area (Å²) in [6, 6.07) is 1.20. The average Bonchev–Trinajstić information content (AvgIpc) is 2.73. The third kappa shape index (κ3) is 4.07. The molecule has 0 spiro atoms. The van der Waals surface area contributed by atoms with E-state index in [-0.39, 0.29) is 22.1 Å². The van der Waals surface area contributed by atoms with Crippen molar-refractivity contribution >= 4 is 16.0 Å². The highest BCUT2D eigenvalue weighted by atomic mass is 32.2. The van der Waals surface area contributed by atoms with E-state index in [0.29, 0.717) is 5.92 Å². The molecule has 0 radical (unpaired) electrons. The smallest absolute Gasteiger partial charge is 0.355 e. The molecule has 2 atom stereocenters. The molecule has 21 heavy (non-hydrogen) atoms. The lowest BCUT2D eigenvalue weighted by atomic mass is 9.71. The molecule has 1 aromatic rings. The molecule has 2 rings (SSSR count).